The first-order valence-corrected chi connectivity index (χ1v) is 5.36. The molecule has 0 saturated carbocycles. The minimum atomic E-state index is -0.00856. The minimum Gasteiger partial charge on any atom is -0.497 e. The van der Waals surface area contributed by atoms with Crippen LogP contribution in [-0.4, -0.2) is 11.7 Å². The maximum Gasteiger partial charge on any atom is 0.250 e. The Balaban J connectivity index is 0.000000606. The Hall–Kier alpha value is -1.77. The quantitative estimate of drug-likeness (QED) is 0.738. The van der Waals surface area contributed by atoms with E-state index in [2.05, 4.69) is 0 Å². The van der Waals surface area contributed by atoms with Gasteiger partial charge in [-0.2, -0.15) is 0 Å². The van der Waals surface area contributed by atoms with Crippen molar-refractivity contribution in [1.29, 1.82) is 0 Å². The Kier molecular flexibility index (Phi) is 4.11. The number of aryl methyl sites for hydroxylation is 1. The second-order valence-corrected chi connectivity index (χ2v) is 3.16. The summed E-state index contributed by atoms with van der Waals surface area (Å²) in [5, 5.41) is 1.04. The molecule has 3 nitrogen and oxygen atoms in total. The first-order valence-electron chi connectivity index (χ1n) is 5.36. The number of benzene rings is 1. The molecule has 86 valence electrons. The molecule has 0 radical (unpaired) electrons. The van der Waals surface area contributed by atoms with Crippen molar-refractivity contribution in [3.63, 3.8) is 0 Å². The first kappa shape index (κ1) is 12.3. The molecule has 1 aromatic carbocycles. The predicted molar refractivity (Wildman–Crippen MR) is 67.1 cm³/mol. The lowest BCUT2D eigenvalue weighted by molar-refractivity contribution is 0.415. The van der Waals surface area contributed by atoms with Crippen molar-refractivity contribution in [2.45, 2.75) is 13.8 Å². The molecule has 0 saturated heterocycles. The Morgan fingerprint density at radius 2 is 1.75 bits per heavy atom. The summed E-state index contributed by atoms with van der Waals surface area (Å²) in [4.78, 5) is 11.4. The number of hydrogen-bond acceptors (Lipinski definition) is 2. The molecule has 16 heavy (non-hydrogen) atoms. The molecule has 2 aromatic rings. The van der Waals surface area contributed by atoms with Gasteiger partial charge in [0, 0.05) is 19.2 Å². The lowest BCUT2D eigenvalue weighted by atomic mass is 10.2. The smallest absolute Gasteiger partial charge is 0.250 e. The summed E-state index contributed by atoms with van der Waals surface area (Å²) in [6.07, 6.45) is 0. The van der Waals surface area contributed by atoms with E-state index in [1.54, 1.807) is 24.8 Å². The van der Waals surface area contributed by atoms with Gasteiger partial charge in [0.2, 0.25) is 0 Å². The van der Waals surface area contributed by atoms with Crippen LogP contribution in [0.3, 0.4) is 0 Å². The van der Waals surface area contributed by atoms with E-state index in [-0.39, 0.29) is 5.56 Å². The number of fused-ring (bicyclic) bond motifs is 1. The largest absolute Gasteiger partial charge is 0.497 e. The molecule has 0 bridgehead atoms. The lowest BCUT2D eigenvalue weighted by Crippen LogP contribution is -2.14. The molecule has 0 atom stereocenters. The summed E-state index contributed by atoms with van der Waals surface area (Å²) >= 11 is 0. The van der Waals surface area contributed by atoms with Crippen molar-refractivity contribution < 1.29 is 4.74 Å². The molecule has 0 unspecified atom stereocenters. The van der Waals surface area contributed by atoms with Gasteiger partial charge in [0.1, 0.15) is 5.75 Å². The van der Waals surface area contributed by atoms with E-state index in [4.69, 9.17) is 4.74 Å². The highest BCUT2D eigenvalue weighted by Gasteiger charge is 2.00. The van der Waals surface area contributed by atoms with Crippen molar-refractivity contribution >= 4 is 10.9 Å². The molecule has 0 amide bonds. The summed E-state index contributed by atoms with van der Waals surface area (Å²) in [5.41, 5.74) is 0.877. The maximum atomic E-state index is 11.4. The number of aromatic nitrogens is 1. The monoisotopic (exact) mass is 219 g/mol. The van der Waals surface area contributed by atoms with Crippen LogP contribution in [-0.2, 0) is 7.05 Å². The van der Waals surface area contributed by atoms with E-state index in [9.17, 15) is 4.79 Å². The molecule has 0 spiro atoms. The molecular formula is C13H17NO2. The predicted octanol–water partition coefficient (Wildman–Crippen LogP) is 2.57. The third-order valence-electron chi connectivity index (χ3n) is 2.34. The van der Waals surface area contributed by atoms with E-state index in [1.807, 2.05) is 38.1 Å². The van der Waals surface area contributed by atoms with Crippen LogP contribution in [0, 0.1) is 0 Å². The van der Waals surface area contributed by atoms with E-state index < -0.39 is 0 Å². The van der Waals surface area contributed by atoms with Crippen LogP contribution < -0.4 is 10.3 Å². The SMILES string of the molecule is CC.COc1ccc2ccc(=O)n(C)c2c1. The highest BCUT2D eigenvalue weighted by Crippen LogP contribution is 2.18. The number of nitrogens with zero attached hydrogens (tertiary/aromatic N) is 1. The fraction of sp³-hybridized carbons (Fsp3) is 0.308. The number of hydrogen-bond donors (Lipinski definition) is 0. The summed E-state index contributed by atoms with van der Waals surface area (Å²) in [6, 6.07) is 9.06. The normalized spacial score (nSPS) is 9.50. The zero-order valence-electron chi connectivity index (χ0n) is 10.2. The molecule has 0 aliphatic carbocycles. The molecule has 0 aliphatic rings. The van der Waals surface area contributed by atoms with Crippen molar-refractivity contribution in [2.75, 3.05) is 7.11 Å². The van der Waals surface area contributed by atoms with Crippen molar-refractivity contribution in [1.82, 2.24) is 4.57 Å². The molecule has 0 aliphatic heterocycles. The summed E-state index contributed by atoms with van der Waals surface area (Å²) in [6.45, 7) is 4.00. The molecule has 2 rings (SSSR count). The lowest BCUT2D eigenvalue weighted by Gasteiger charge is -2.05. The van der Waals surface area contributed by atoms with Crippen LogP contribution in [0.25, 0.3) is 10.9 Å². The Bertz CT molecular complexity index is 529. The van der Waals surface area contributed by atoms with Gasteiger partial charge >= 0.3 is 0 Å². The van der Waals surface area contributed by atoms with Crippen LogP contribution in [0.2, 0.25) is 0 Å². The van der Waals surface area contributed by atoms with E-state index >= 15 is 0 Å². The maximum absolute atomic E-state index is 11.4. The highest BCUT2D eigenvalue weighted by atomic mass is 16.5. The highest BCUT2D eigenvalue weighted by molar-refractivity contribution is 5.80. The van der Waals surface area contributed by atoms with Crippen LogP contribution in [0.1, 0.15) is 13.8 Å². The molecule has 1 heterocycles. The Morgan fingerprint density at radius 1 is 1.12 bits per heavy atom. The standard InChI is InChI=1S/C11H11NO2.C2H6/c1-12-10-7-9(14-2)5-3-8(10)4-6-11(12)13;1-2/h3-7H,1-2H3;1-2H3. The van der Waals surface area contributed by atoms with Gasteiger partial charge in [-0.25, -0.2) is 0 Å². The Morgan fingerprint density at radius 3 is 2.38 bits per heavy atom. The van der Waals surface area contributed by atoms with Gasteiger partial charge in [-0.05, 0) is 23.6 Å². The second-order valence-electron chi connectivity index (χ2n) is 3.16. The van der Waals surface area contributed by atoms with Crippen LogP contribution in [0.5, 0.6) is 5.75 Å². The summed E-state index contributed by atoms with van der Waals surface area (Å²) in [7, 11) is 3.37. The number of methoxy groups -OCH3 is 1. The fourth-order valence-corrected chi connectivity index (χ4v) is 1.47. The second kappa shape index (κ2) is 5.35. The zero-order valence-corrected chi connectivity index (χ0v) is 10.2. The van der Waals surface area contributed by atoms with Crippen LogP contribution in [0.4, 0.5) is 0 Å². The average molecular weight is 219 g/mol. The third kappa shape index (κ3) is 2.24. The number of rotatable bonds is 1. The average Bonchev–Trinajstić information content (AvgIpc) is 2.36. The van der Waals surface area contributed by atoms with E-state index in [1.165, 1.54) is 0 Å². The van der Waals surface area contributed by atoms with Gasteiger partial charge < -0.3 is 9.30 Å². The molecular weight excluding hydrogens is 202 g/mol. The van der Waals surface area contributed by atoms with Crippen LogP contribution >= 0.6 is 0 Å². The Labute approximate surface area is 95.3 Å². The van der Waals surface area contributed by atoms with Gasteiger partial charge in [-0.15, -0.1) is 0 Å². The topological polar surface area (TPSA) is 31.2 Å². The number of ether oxygens (including phenoxy) is 1. The van der Waals surface area contributed by atoms with Gasteiger partial charge in [-0.1, -0.05) is 13.8 Å². The van der Waals surface area contributed by atoms with Gasteiger partial charge in [0.25, 0.3) is 5.56 Å². The summed E-state index contributed by atoms with van der Waals surface area (Å²) < 4.78 is 6.71. The zero-order chi connectivity index (χ0) is 12.1. The van der Waals surface area contributed by atoms with Crippen molar-refractivity contribution in [3.8, 4) is 5.75 Å². The fourth-order valence-electron chi connectivity index (χ4n) is 1.47. The van der Waals surface area contributed by atoms with Crippen LogP contribution in [0.15, 0.2) is 35.1 Å². The molecule has 1 aromatic heterocycles. The van der Waals surface area contributed by atoms with E-state index in [0.29, 0.717) is 0 Å². The number of pyridine rings is 1. The van der Waals surface area contributed by atoms with Gasteiger partial charge in [-0.3, -0.25) is 4.79 Å². The summed E-state index contributed by atoms with van der Waals surface area (Å²) in [5.74, 6) is 0.763. The third-order valence-corrected chi connectivity index (χ3v) is 2.34. The van der Waals surface area contributed by atoms with Gasteiger partial charge in [0.15, 0.2) is 0 Å². The molecule has 3 heteroatoms. The molecule has 0 fully saturated rings. The molecule has 0 N–H and O–H groups in total. The minimum absolute atomic E-state index is 0.00856. The van der Waals surface area contributed by atoms with Gasteiger partial charge in [0.05, 0.1) is 12.6 Å². The van der Waals surface area contributed by atoms with Crippen molar-refractivity contribution in [3.05, 3.63) is 40.7 Å². The first-order chi connectivity index (χ1) is 7.72. The van der Waals surface area contributed by atoms with Crippen molar-refractivity contribution in [2.24, 2.45) is 7.05 Å². The van der Waals surface area contributed by atoms with E-state index in [0.717, 1.165) is 16.7 Å².